The summed E-state index contributed by atoms with van der Waals surface area (Å²) in [6, 6.07) is 9.48. The van der Waals surface area contributed by atoms with Gasteiger partial charge in [-0.25, -0.2) is 0 Å². The summed E-state index contributed by atoms with van der Waals surface area (Å²) in [5.74, 6) is -0.274. The van der Waals surface area contributed by atoms with Gasteiger partial charge in [0.1, 0.15) is 11.1 Å². The molecule has 0 saturated heterocycles. The number of halogens is 1. The summed E-state index contributed by atoms with van der Waals surface area (Å²) in [5.41, 5.74) is 3.29. The molecule has 0 bridgehead atoms. The van der Waals surface area contributed by atoms with Gasteiger partial charge in [-0.1, -0.05) is 28.9 Å². The van der Waals surface area contributed by atoms with E-state index in [1.165, 1.54) is 16.2 Å². The number of hydrogen-bond acceptors (Lipinski definition) is 5. The number of nitrogens with zero attached hydrogens (tertiary/aromatic N) is 2. The van der Waals surface area contributed by atoms with Gasteiger partial charge < -0.3 is 10.2 Å². The average molecular weight is 372 g/mol. The van der Waals surface area contributed by atoms with E-state index >= 15 is 0 Å². The van der Waals surface area contributed by atoms with E-state index in [4.69, 9.17) is 16.4 Å². The number of rotatable bonds is 3. The summed E-state index contributed by atoms with van der Waals surface area (Å²) in [7, 11) is 0. The summed E-state index contributed by atoms with van der Waals surface area (Å²) in [6.07, 6.45) is 2.67. The first-order chi connectivity index (χ1) is 12.2. The second-order valence-electron chi connectivity index (χ2n) is 6.01. The van der Waals surface area contributed by atoms with Crippen molar-refractivity contribution >= 4 is 39.6 Å². The molecule has 0 saturated carbocycles. The molecule has 1 aliphatic carbocycles. The lowest BCUT2D eigenvalue weighted by Gasteiger charge is -2.08. The molecule has 1 aromatic heterocycles. The number of thiophene rings is 1. The molecule has 1 aromatic carbocycles. The standard InChI is InChI=1S/C18H14ClN3O2S/c19-11-6-4-10(5-7-11)14-8-15(24-22-14)17(23)21-18-13(9-20)12-2-1-3-16(12)25-18/h4-7,15H,1-3,8H2,(H,21,23)/t15-/m0/s1. The smallest absolute Gasteiger partial charge is 0.269 e. The summed E-state index contributed by atoms with van der Waals surface area (Å²) in [6.45, 7) is 0. The maximum atomic E-state index is 12.5. The number of aryl methyl sites for hydroxylation is 1. The van der Waals surface area contributed by atoms with Gasteiger partial charge in [0.05, 0.1) is 11.3 Å². The summed E-state index contributed by atoms with van der Waals surface area (Å²) in [4.78, 5) is 19.0. The Hall–Kier alpha value is -2.36. The number of carbonyl (C=O) groups excluding carboxylic acids is 1. The molecule has 0 fully saturated rings. The fourth-order valence-electron chi connectivity index (χ4n) is 3.13. The van der Waals surface area contributed by atoms with Crippen molar-refractivity contribution in [2.75, 3.05) is 5.32 Å². The molecule has 126 valence electrons. The molecule has 2 heterocycles. The Kier molecular flexibility index (Phi) is 4.20. The van der Waals surface area contributed by atoms with Gasteiger partial charge in [0.15, 0.2) is 0 Å². The van der Waals surface area contributed by atoms with Crippen LogP contribution in [0, 0.1) is 11.3 Å². The number of anilines is 1. The first kappa shape index (κ1) is 16.1. The maximum absolute atomic E-state index is 12.5. The third-order valence-corrected chi connectivity index (χ3v) is 5.87. The van der Waals surface area contributed by atoms with Crippen LogP contribution in [0.4, 0.5) is 5.00 Å². The van der Waals surface area contributed by atoms with Crippen LogP contribution in [0.2, 0.25) is 5.02 Å². The molecule has 1 atom stereocenters. The lowest BCUT2D eigenvalue weighted by atomic mass is 10.0. The van der Waals surface area contributed by atoms with Crippen molar-refractivity contribution < 1.29 is 9.63 Å². The quantitative estimate of drug-likeness (QED) is 0.889. The molecular weight excluding hydrogens is 358 g/mol. The number of nitrogens with one attached hydrogen (secondary N) is 1. The highest BCUT2D eigenvalue weighted by atomic mass is 35.5. The predicted molar refractivity (Wildman–Crippen MR) is 97.2 cm³/mol. The molecule has 1 aliphatic heterocycles. The van der Waals surface area contributed by atoms with E-state index in [1.807, 2.05) is 12.1 Å². The number of nitriles is 1. The fourth-order valence-corrected chi connectivity index (χ4v) is 4.50. The summed E-state index contributed by atoms with van der Waals surface area (Å²) < 4.78 is 0. The Bertz CT molecular complexity index is 912. The van der Waals surface area contributed by atoms with Crippen molar-refractivity contribution in [1.29, 1.82) is 5.26 Å². The van der Waals surface area contributed by atoms with Crippen molar-refractivity contribution in [2.24, 2.45) is 5.16 Å². The molecule has 4 rings (SSSR count). The van der Waals surface area contributed by atoms with Crippen molar-refractivity contribution in [3.05, 3.63) is 50.9 Å². The number of benzene rings is 1. The number of hydrogen-bond donors (Lipinski definition) is 1. The minimum atomic E-state index is -0.686. The van der Waals surface area contributed by atoms with Gasteiger partial charge in [0, 0.05) is 16.3 Å². The van der Waals surface area contributed by atoms with Gasteiger partial charge in [-0.15, -0.1) is 11.3 Å². The molecule has 1 N–H and O–H groups in total. The molecule has 5 nitrogen and oxygen atoms in total. The lowest BCUT2D eigenvalue weighted by molar-refractivity contribution is -0.125. The minimum Gasteiger partial charge on any atom is -0.382 e. The molecule has 7 heteroatoms. The zero-order valence-electron chi connectivity index (χ0n) is 13.2. The minimum absolute atomic E-state index is 0.274. The second kappa shape index (κ2) is 6.51. The van der Waals surface area contributed by atoms with Crippen LogP contribution in [-0.2, 0) is 22.5 Å². The van der Waals surface area contributed by atoms with Gasteiger partial charge in [0.25, 0.3) is 5.91 Å². The van der Waals surface area contributed by atoms with Crippen LogP contribution >= 0.6 is 22.9 Å². The van der Waals surface area contributed by atoms with Gasteiger partial charge in [0.2, 0.25) is 6.10 Å². The van der Waals surface area contributed by atoms with Crippen LogP contribution in [0.15, 0.2) is 29.4 Å². The normalized spacial score (nSPS) is 18.2. The summed E-state index contributed by atoms with van der Waals surface area (Å²) >= 11 is 7.38. The number of fused-ring (bicyclic) bond motifs is 1. The zero-order valence-corrected chi connectivity index (χ0v) is 14.8. The van der Waals surface area contributed by atoms with Crippen LogP contribution in [0.1, 0.15) is 34.4 Å². The van der Waals surface area contributed by atoms with Crippen LogP contribution in [0.3, 0.4) is 0 Å². The summed E-state index contributed by atoms with van der Waals surface area (Å²) in [5, 5.41) is 17.6. The molecule has 0 spiro atoms. The van der Waals surface area contributed by atoms with Crippen molar-refractivity contribution in [3.8, 4) is 6.07 Å². The first-order valence-corrected chi connectivity index (χ1v) is 9.19. The molecule has 25 heavy (non-hydrogen) atoms. The third-order valence-electron chi connectivity index (χ3n) is 4.41. The molecule has 0 unspecified atom stereocenters. The van der Waals surface area contributed by atoms with E-state index in [2.05, 4.69) is 16.5 Å². The van der Waals surface area contributed by atoms with Crippen molar-refractivity contribution in [3.63, 3.8) is 0 Å². The Labute approximate surface area is 153 Å². The topological polar surface area (TPSA) is 74.5 Å². The van der Waals surface area contributed by atoms with Gasteiger partial charge in [-0.3, -0.25) is 4.79 Å². The van der Waals surface area contributed by atoms with Crippen LogP contribution in [-0.4, -0.2) is 17.7 Å². The van der Waals surface area contributed by atoms with Crippen molar-refractivity contribution in [1.82, 2.24) is 0 Å². The highest BCUT2D eigenvalue weighted by molar-refractivity contribution is 7.16. The van der Waals surface area contributed by atoms with Crippen LogP contribution < -0.4 is 5.32 Å². The first-order valence-electron chi connectivity index (χ1n) is 8.00. The molecule has 1 amide bonds. The number of carbonyl (C=O) groups is 1. The Morgan fingerprint density at radius 1 is 1.36 bits per heavy atom. The lowest BCUT2D eigenvalue weighted by Crippen LogP contribution is -2.28. The van der Waals surface area contributed by atoms with Crippen LogP contribution in [0.5, 0.6) is 0 Å². The highest BCUT2D eigenvalue weighted by Gasteiger charge is 2.31. The van der Waals surface area contributed by atoms with E-state index in [9.17, 15) is 10.1 Å². The fraction of sp³-hybridized carbons (Fsp3) is 0.278. The van der Waals surface area contributed by atoms with Crippen LogP contribution in [0.25, 0.3) is 0 Å². The monoisotopic (exact) mass is 371 g/mol. The SMILES string of the molecule is N#Cc1c(NC(=O)[C@@H]2CC(c3ccc(Cl)cc3)=NO2)sc2c1CCC2. The largest absolute Gasteiger partial charge is 0.382 e. The highest BCUT2D eigenvalue weighted by Crippen LogP contribution is 2.38. The van der Waals surface area contributed by atoms with Gasteiger partial charge in [-0.05, 0) is 42.5 Å². The molecule has 0 radical (unpaired) electrons. The van der Waals surface area contributed by atoms with E-state index in [0.29, 0.717) is 27.7 Å². The Balaban J connectivity index is 1.45. The zero-order chi connectivity index (χ0) is 17.4. The average Bonchev–Trinajstić information content (AvgIpc) is 3.30. The van der Waals surface area contributed by atoms with E-state index in [-0.39, 0.29) is 5.91 Å². The molecular formula is C18H14ClN3O2S. The number of amides is 1. The maximum Gasteiger partial charge on any atom is 0.269 e. The van der Waals surface area contributed by atoms with E-state index in [1.54, 1.807) is 12.1 Å². The Morgan fingerprint density at radius 2 is 2.16 bits per heavy atom. The van der Waals surface area contributed by atoms with Crippen molar-refractivity contribution in [2.45, 2.75) is 31.8 Å². The molecule has 2 aliphatic rings. The second-order valence-corrected chi connectivity index (χ2v) is 7.55. The van der Waals surface area contributed by atoms with E-state index in [0.717, 1.165) is 30.4 Å². The van der Waals surface area contributed by atoms with Gasteiger partial charge in [-0.2, -0.15) is 5.26 Å². The number of oxime groups is 1. The predicted octanol–water partition coefficient (Wildman–Crippen LogP) is 3.89. The molecule has 2 aromatic rings. The third kappa shape index (κ3) is 3.01. The Morgan fingerprint density at radius 3 is 2.92 bits per heavy atom. The van der Waals surface area contributed by atoms with Gasteiger partial charge >= 0.3 is 0 Å². The van der Waals surface area contributed by atoms with E-state index < -0.39 is 6.10 Å².